The van der Waals surface area contributed by atoms with Gasteiger partial charge in [0.25, 0.3) is 6.47 Å². The van der Waals surface area contributed by atoms with Gasteiger partial charge in [-0.3, -0.25) is 9.59 Å². The van der Waals surface area contributed by atoms with Crippen LogP contribution in [0, 0.1) is 0 Å². The molecule has 5 heteroatoms. The van der Waals surface area contributed by atoms with E-state index in [2.05, 4.69) is 10.1 Å². The molecule has 0 bridgehead atoms. The van der Waals surface area contributed by atoms with Crippen LogP contribution >= 0.6 is 12.4 Å². The summed E-state index contributed by atoms with van der Waals surface area (Å²) in [4.78, 5) is 20.6. The Hall–Kier alpha value is -1.55. The van der Waals surface area contributed by atoms with Crippen LogP contribution in [0.1, 0.15) is 6.92 Å². The van der Waals surface area contributed by atoms with Gasteiger partial charge in [0.15, 0.2) is 0 Å². The van der Waals surface area contributed by atoms with Crippen molar-refractivity contribution in [1.29, 1.82) is 0 Å². The number of nitrogens with one attached hydrogen (secondary N) is 1. The van der Waals surface area contributed by atoms with Gasteiger partial charge in [0.2, 0.25) is 5.91 Å². The first-order valence-corrected chi connectivity index (χ1v) is 3.70. The molecule has 0 heterocycles. The van der Waals surface area contributed by atoms with Crippen LogP contribution in [-0.2, 0) is 9.59 Å². The number of benzene rings is 1. The maximum Gasteiger partial charge on any atom is 0.298 e. The third kappa shape index (κ3) is 3.91. The SMILES string of the molecule is CC(=O)Nc1ccc(OC=O)cc1.Cl. The van der Waals surface area contributed by atoms with E-state index < -0.39 is 0 Å². The van der Waals surface area contributed by atoms with E-state index in [0.717, 1.165) is 0 Å². The third-order valence-corrected chi connectivity index (χ3v) is 1.36. The second kappa shape index (κ2) is 5.99. The van der Waals surface area contributed by atoms with Gasteiger partial charge in [0.05, 0.1) is 0 Å². The van der Waals surface area contributed by atoms with Crippen molar-refractivity contribution in [2.24, 2.45) is 0 Å². The molecule has 4 nitrogen and oxygen atoms in total. The van der Waals surface area contributed by atoms with Crippen molar-refractivity contribution in [2.45, 2.75) is 6.92 Å². The van der Waals surface area contributed by atoms with Gasteiger partial charge >= 0.3 is 0 Å². The summed E-state index contributed by atoms with van der Waals surface area (Å²) < 4.78 is 4.57. The molecule has 0 atom stereocenters. The molecule has 0 fully saturated rings. The smallest absolute Gasteiger partial charge is 0.298 e. The highest BCUT2D eigenvalue weighted by atomic mass is 35.5. The van der Waals surface area contributed by atoms with Crippen molar-refractivity contribution in [3.8, 4) is 5.75 Å². The molecule has 0 unspecified atom stereocenters. The number of carbonyl (C=O) groups excluding carboxylic acids is 2. The molecule has 0 saturated heterocycles. The molecular weight excluding hydrogens is 206 g/mol. The number of halogens is 1. The maximum absolute atomic E-state index is 10.6. The molecular formula is C9H10ClNO3. The Bertz CT molecular complexity index is 310. The van der Waals surface area contributed by atoms with Gasteiger partial charge in [0, 0.05) is 12.6 Å². The number of rotatable bonds is 3. The van der Waals surface area contributed by atoms with Crippen LogP contribution in [0.15, 0.2) is 24.3 Å². The van der Waals surface area contributed by atoms with Gasteiger partial charge in [-0.25, -0.2) is 0 Å². The molecule has 76 valence electrons. The maximum atomic E-state index is 10.6. The van der Waals surface area contributed by atoms with E-state index in [9.17, 15) is 9.59 Å². The normalized spacial score (nSPS) is 8.36. The first kappa shape index (κ1) is 12.4. The average Bonchev–Trinajstić information content (AvgIpc) is 2.08. The van der Waals surface area contributed by atoms with Crippen molar-refractivity contribution in [3.63, 3.8) is 0 Å². The number of hydrogen-bond donors (Lipinski definition) is 1. The van der Waals surface area contributed by atoms with Crippen molar-refractivity contribution in [1.82, 2.24) is 0 Å². The van der Waals surface area contributed by atoms with Gasteiger partial charge in [-0.1, -0.05) is 0 Å². The zero-order valence-electron chi connectivity index (χ0n) is 7.52. The molecule has 1 aromatic carbocycles. The van der Waals surface area contributed by atoms with Crippen LogP contribution in [0.5, 0.6) is 5.75 Å². The first-order chi connectivity index (χ1) is 6.22. The van der Waals surface area contributed by atoms with Gasteiger partial charge < -0.3 is 10.1 Å². The molecule has 0 saturated carbocycles. The number of amides is 1. The predicted molar refractivity (Wildman–Crippen MR) is 54.7 cm³/mol. The molecule has 0 aromatic heterocycles. The Balaban J connectivity index is 0.00000169. The van der Waals surface area contributed by atoms with E-state index in [0.29, 0.717) is 17.9 Å². The van der Waals surface area contributed by atoms with Gasteiger partial charge in [-0.15, -0.1) is 12.4 Å². The lowest BCUT2D eigenvalue weighted by atomic mass is 10.3. The van der Waals surface area contributed by atoms with Crippen LogP contribution < -0.4 is 10.1 Å². The van der Waals surface area contributed by atoms with Gasteiger partial charge in [-0.05, 0) is 24.3 Å². The average molecular weight is 216 g/mol. The van der Waals surface area contributed by atoms with Crippen molar-refractivity contribution >= 4 is 30.5 Å². The second-order valence-corrected chi connectivity index (χ2v) is 2.42. The predicted octanol–water partition coefficient (Wildman–Crippen LogP) is 1.60. The van der Waals surface area contributed by atoms with Crippen LogP contribution in [0.3, 0.4) is 0 Å². The summed E-state index contributed by atoms with van der Waals surface area (Å²) in [6.45, 7) is 1.78. The van der Waals surface area contributed by atoms with Crippen LogP contribution in [0.4, 0.5) is 5.69 Å². The molecule has 14 heavy (non-hydrogen) atoms. The van der Waals surface area contributed by atoms with E-state index in [1.54, 1.807) is 24.3 Å². The highest BCUT2D eigenvalue weighted by molar-refractivity contribution is 5.88. The summed E-state index contributed by atoms with van der Waals surface area (Å²) in [5.74, 6) is 0.313. The molecule has 1 amide bonds. The summed E-state index contributed by atoms with van der Waals surface area (Å²) in [6.07, 6.45) is 0. The lowest BCUT2D eigenvalue weighted by Crippen LogP contribution is -2.05. The minimum absolute atomic E-state index is 0. The van der Waals surface area contributed by atoms with Crippen LogP contribution in [-0.4, -0.2) is 12.4 Å². The molecule has 1 aromatic rings. The Morgan fingerprint density at radius 2 is 1.93 bits per heavy atom. The Morgan fingerprint density at radius 1 is 1.36 bits per heavy atom. The van der Waals surface area contributed by atoms with Crippen LogP contribution in [0.25, 0.3) is 0 Å². The number of carbonyl (C=O) groups is 2. The number of ether oxygens (including phenoxy) is 1. The third-order valence-electron chi connectivity index (χ3n) is 1.36. The molecule has 0 radical (unpaired) electrons. The molecule has 0 spiro atoms. The Kier molecular flexibility index (Phi) is 5.33. The van der Waals surface area contributed by atoms with Crippen molar-refractivity contribution < 1.29 is 14.3 Å². The standard InChI is InChI=1S/C9H9NO3.ClH/c1-7(12)10-8-2-4-9(5-3-8)13-6-11;/h2-6H,1H3,(H,10,12);1H. The second-order valence-electron chi connectivity index (χ2n) is 2.42. The number of hydrogen-bond acceptors (Lipinski definition) is 3. The minimum Gasteiger partial charge on any atom is -0.429 e. The van der Waals surface area contributed by atoms with Gasteiger partial charge in [-0.2, -0.15) is 0 Å². The monoisotopic (exact) mass is 215 g/mol. The highest BCUT2D eigenvalue weighted by Crippen LogP contribution is 2.14. The zero-order chi connectivity index (χ0) is 9.68. The van der Waals surface area contributed by atoms with Gasteiger partial charge in [0.1, 0.15) is 5.75 Å². The Morgan fingerprint density at radius 3 is 2.36 bits per heavy atom. The Labute approximate surface area is 87.7 Å². The summed E-state index contributed by atoms with van der Waals surface area (Å²) in [5.41, 5.74) is 0.672. The van der Waals surface area contributed by atoms with Crippen molar-refractivity contribution in [3.05, 3.63) is 24.3 Å². The number of anilines is 1. The quantitative estimate of drug-likeness (QED) is 0.780. The summed E-state index contributed by atoms with van der Waals surface area (Å²) in [7, 11) is 0. The minimum atomic E-state index is -0.135. The molecule has 0 aliphatic heterocycles. The largest absolute Gasteiger partial charge is 0.429 e. The fourth-order valence-corrected chi connectivity index (χ4v) is 0.876. The zero-order valence-corrected chi connectivity index (χ0v) is 8.34. The lowest BCUT2D eigenvalue weighted by molar-refractivity contribution is -0.120. The molecule has 0 aliphatic carbocycles. The van der Waals surface area contributed by atoms with E-state index >= 15 is 0 Å². The summed E-state index contributed by atoms with van der Waals surface area (Å²) >= 11 is 0. The molecule has 1 N–H and O–H groups in total. The summed E-state index contributed by atoms with van der Waals surface area (Å²) in [6, 6.07) is 6.50. The molecule has 1 rings (SSSR count). The molecule has 0 aliphatic rings. The van der Waals surface area contributed by atoms with Crippen LogP contribution in [0.2, 0.25) is 0 Å². The topological polar surface area (TPSA) is 55.4 Å². The first-order valence-electron chi connectivity index (χ1n) is 3.70. The van der Waals surface area contributed by atoms with E-state index in [-0.39, 0.29) is 18.3 Å². The summed E-state index contributed by atoms with van der Waals surface area (Å²) in [5, 5.41) is 2.59. The fraction of sp³-hybridized carbons (Fsp3) is 0.111. The lowest BCUT2D eigenvalue weighted by Gasteiger charge is -2.02. The van der Waals surface area contributed by atoms with Crippen molar-refractivity contribution in [2.75, 3.05) is 5.32 Å². The highest BCUT2D eigenvalue weighted by Gasteiger charge is 1.95. The van der Waals surface area contributed by atoms with E-state index in [1.807, 2.05) is 0 Å². The van der Waals surface area contributed by atoms with E-state index in [1.165, 1.54) is 6.92 Å². The fourth-order valence-electron chi connectivity index (χ4n) is 0.876. The van der Waals surface area contributed by atoms with E-state index in [4.69, 9.17) is 0 Å².